The number of nitrogen functional groups attached to an aromatic ring is 1. The number of aromatic nitrogens is 3. The minimum Gasteiger partial charge on any atom is -0.467 e. The van der Waals surface area contributed by atoms with Gasteiger partial charge >= 0.3 is 0 Å². The lowest BCUT2D eigenvalue weighted by Gasteiger charge is -2.13. The van der Waals surface area contributed by atoms with Gasteiger partial charge < -0.3 is 15.1 Å². The zero-order valence-electron chi connectivity index (χ0n) is 8.67. The van der Waals surface area contributed by atoms with Crippen molar-refractivity contribution in [3.8, 4) is 0 Å². The van der Waals surface area contributed by atoms with E-state index in [9.17, 15) is 4.79 Å². The van der Waals surface area contributed by atoms with Gasteiger partial charge in [-0.2, -0.15) is 4.98 Å². The number of aromatic amines is 1. The SMILES string of the molecule is CN(Cc1ccco1)C(=O)c1nc(N)n[nH]1. The Hall–Kier alpha value is -2.31. The maximum absolute atomic E-state index is 11.8. The zero-order chi connectivity index (χ0) is 11.5. The summed E-state index contributed by atoms with van der Waals surface area (Å²) < 4.78 is 5.13. The van der Waals surface area contributed by atoms with Crippen molar-refractivity contribution in [2.24, 2.45) is 0 Å². The summed E-state index contributed by atoms with van der Waals surface area (Å²) in [6.07, 6.45) is 1.56. The lowest BCUT2D eigenvalue weighted by molar-refractivity contribution is 0.0764. The Morgan fingerprint density at radius 1 is 1.69 bits per heavy atom. The zero-order valence-corrected chi connectivity index (χ0v) is 8.67. The van der Waals surface area contributed by atoms with Gasteiger partial charge in [0.15, 0.2) is 0 Å². The van der Waals surface area contributed by atoms with Gasteiger partial charge in [-0.25, -0.2) is 0 Å². The summed E-state index contributed by atoms with van der Waals surface area (Å²) in [5, 5.41) is 6.05. The van der Waals surface area contributed by atoms with Gasteiger partial charge in [0.05, 0.1) is 12.8 Å². The molecule has 0 spiro atoms. The lowest BCUT2D eigenvalue weighted by Crippen LogP contribution is -2.27. The molecule has 0 fully saturated rings. The highest BCUT2D eigenvalue weighted by Gasteiger charge is 2.16. The molecule has 0 saturated carbocycles. The van der Waals surface area contributed by atoms with Gasteiger partial charge in [0, 0.05) is 7.05 Å². The summed E-state index contributed by atoms with van der Waals surface area (Å²) in [5.41, 5.74) is 5.31. The van der Waals surface area contributed by atoms with E-state index in [-0.39, 0.29) is 17.7 Å². The van der Waals surface area contributed by atoms with Gasteiger partial charge in [-0.1, -0.05) is 0 Å². The molecule has 0 bridgehead atoms. The third-order valence-electron chi connectivity index (χ3n) is 2.03. The van der Waals surface area contributed by atoms with Gasteiger partial charge in [0.1, 0.15) is 5.76 Å². The van der Waals surface area contributed by atoms with E-state index in [1.165, 1.54) is 4.90 Å². The third-order valence-corrected chi connectivity index (χ3v) is 2.03. The second-order valence-corrected chi connectivity index (χ2v) is 3.28. The summed E-state index contributed by atoms with van der Waals surface area (Å²) in [6.45, 7) is 0.367. The normalized spacial score (nSPS) is 10.3. The average molecular weight is 221 g/mol. The van der Waals surface area contributed by atoms with Crippen molar-refractivity contribution in [2.75, 3.05) is 12.8 Å². The molecule has 0 radical (unpaired) electrons. The van der Waals surface area contributed by atoms with Crippen LogP contribution in [0.2, 0.25) is 0 Å². The second kappa shape index (κ2) is 4.05. The Balaban J connectivity index is 2.05. The van der Waals surface area contributed by atoms with Crippen LogP contribution in [0.15, 0.2) is 22.8 Å². The molecule has 16 heavy (non-hydrogen) atoms. The number of anilines is 1. The van der Waals surface area contributed by atoms with E-state index in [1.54, 1.807) is 25.4 Å². The van der Waals surface area contributed by atoms with E-state index < -0.39 is 0 Å². The number of carbonyl (C=O) groups is 1. The van der Waals surface area contributed by atoms with Gasteiger partial charge in [-0.15, -0.1) is 5.10 Å². The average Bonchev–Trinajstić information content (AvgIpc) is 2.88. The molecule has 0 aliphatic heterocycles. The van der Waals surface area contributed by atoms with E-state index in [0.717, 1.165) is 0 Å². The molecule has 0 aliphatic rings. The number of furan rings is 1. The first-order valence-electron chi connectivity index (χ1n) is 4.62. The number of nitrogens with zero attached hydrogens (tertiary/aromatic N) is 3. The van der Waals surface area contributed by atoms with Gasteiger partial charge in [0.25, 0.3) is 5.91 Å². The predicted molar refractivity (Wildman–Crippen MR) is 55.3 cm³/mol. The number of carbonyl (C=O) groups excluding carboxylic acids is 1. The summed E-state index contributed by atoms with van der Waals surface area (Å²) in [7, 11) is 1.64. The molecule has 7 heteroatoms. The Morgan fingerprint density at radius 3 is 3.06 bits per heavy atom. The Labute approximate surface area is 91.3 Å². The van der Waals surface area contributed by atoms with E-state index in [0.29, 0.717) is 12.3 Å². The van der Waals surface area contributed by atoms with Crippen molar-refractivity contribution < 1.29 is 9.21 Å². The fourth-order valence-electron chi connectivity index (χ4n) is 1.26. The molecule has 2 aromatic rings. The number of nitrogens with one attached hydrogen (secondary N) is 1. The monoisotopic (exact) mass is 221 g/mol. The second-order valence-electron chi connectivity index (χ2n) is 3.28. The van der Waals surface area contributed by atoms with Crippen LogP contribution in [0.4, 0.5) is 5.95 Å². The largest absolute Gasteiger partial charge is 0.467 e. The third kappa shape index (κ3) is 2.02. The Kier molecular flexibility index (Phi) is 2.59. The maximum atomic E-state index is 11.8. The van der Waals surface area contributed by atoms with Crippen LogP contribution in [-0.4, -0.2) is 33.0 Å². The Morgan fingerprint density at radius 2 is 2.50 bits per heavy atom. The molecule has 0 aliphatic carbocycles. The van der Waals surface area contributed by atoms with Crippen LogP contribution in [0.3, 0.4) is 0 Å². The molecular formula is C9H11N5O2. The highest BCUT2D eigenvalue weighted by Crippen LogP contribution is 2.06. The van der Waals surface area contributed by atoms with Crippen molar-refractivity contribution in [2.45, 2.75) is 6.54 Å². The summed E-state index contributed by atoms with van der Waals surface area (Å²) in [4.78, 5) is 17.0. The van der Waals surface area contributed by atoms with Crippen LogP contribution in [0.1, 0.15) is 16.4 Å². The first-order valence-corrected chi connectivity index (χ1v) is 4.62. The summed E-state index contributed by atoms with van der Waals surface area (Å²) >= 11 is 0. The quantitative estimate of drug-likeness (QED) is 0.773. The molecule has 84 valence electrons. The smallest absolute Gasteiger partial charge is 0.291 e. The summed E-state index contributed by atoms with van der Waals surface area (Å²) in [5.74, 6) is 0.574. The van der Waals surface area contributed by atoms with Gasteiger partial charge in [0.2, 0.25) is 11.8 Å². The van der Waals surface area contributed by atoms with Gasteiger partial charge in [-0.05, 0) is 12.1 Å². The van der Waals surface area contributed by atoms with Crippen LogP contribution < -0.4 is 5.73 Å². The fraction of sp³-hybridized carbons (Fsp3) is 0.222. The van der Waals surface area contributed by atoms with E-state index >= 15 is 0 Å². The molecule has 2 rings (SSSR count). The first kappa shape index (κ1) is 10.2. The molecule has 0 saturated heterocycles. The molecule has 3 N–H and O–H groups in total. The van der Waals surface area contributed by atoms with Crippen molar-refractivity contribution in [1.29, 1.82) is 0 Å². The van der Waals surface area contributed by atoms with Crippen LogP contribution in [0.25, 0.3) is 0 Å². The topological polar surface area (TPSA) is 101 Å². The van der Waals surface area contributed by atoms with Crippen molar-refractivity contribution in [3.05, 3.63) is 30.0 Å². The van der Waals surface area contributed by atoms with Crippen LogP contribution in [0, 0.1) is 0 Å². The standard InChI is InChI=1S/C9H11N5O2/c1-14(5-6-3-2-4-16-6)8(15)7-11-9(10)13-12-7/h2-4H,5H2,1H3,(H3,10,11,12,13). The van der Waals surface area contributed by atoms with E-state index in [2.05, 4.69) is 15.2 Å². The summed E-state index contributed by atoms with van der Waals surface area (Å²) in [6, 6.07) is 3.55. The molecule has 7 nitrogen and oxygen atoms in total. The molecule has 0 unspecified atom stereocenters. The molecule has 1 amide bonds. The number of H-pyrrole nitrogens is 1. The minimum absolute atomic E-state index is 0.0507. The number of nitrogens with two attached hydrogens (primary N) is 1. The molecule has 0 atom stereocenters. The maximum Gasteiger partial charge on any atom is 0.291 e. The number of rotatable bonds is 3. The van der Waals surface area contributed by atoms with Crippen LogP contribution in [0.5, 0.6) is 0 Å². The minimum atomic E-state index is -0.291. The van der Waals surface area contributed by atoms with E-state index in [1.807, 2.05) is 0 Å². The molecular weight excluding hydrogens is 210 g/mol. The predicted octanol–water partition coefficient (Wildman–Crippen LogP) is 0.252. The number of hydrogen-bond acceptors (Lipinski definition) is 5. The van der Waals surface area contributed by atoms with Crippen molar-refractivity contribution >= 4 is 11.9 Å². The molecule has 2 aromatic heterocycles. The van der Waals surface area contributed by atoms with E-state index in [4.69, 9.17) is 10.2 Å². The highest BCUT2D eigenvalue weighted by molar-refractivity contribution is 5.90. The number of amides is 1. The van der Waals surface area contributed by atoms with Crippen molar-refractivity contribution in [1.82, 2.24) is 20.1 Å². The lowest BCUT2D eigenvalue weighted by atomic mass is 10.4. The van der Waals surface area contributed by atoms with Crippen LogP contribution in [-0.2, 0) is 6.54 Å². The Bertz CT molecular complexity index is 476. The molecule has 2 heterocycles. The fourth-order valence-corrected chi connectivity index (χ4v) is 1.26. The van der Waals surface area contributed by atoms with Crippen molar-refractivity contribution in [3.63, 3.8) is 0 Å². The molecule has 0 aromatic carbocycles. The number of hydrogen-bond donors (Lipinski definition) is 2. The highest BCUT2D eigenvalue weighted by atomic mass is 16.3. The first-order chi connectivity index (χ1) is 7.66. The van der Waals surface area contributed by atoms with Crippen LogP contribution >= 0.6 is 0 Å². The van der Waals surface area contributed by atoms with Gasteiger partial charge in [-0.3, -0.25) is 9.89 Å².